The van der Waals surface area contributed by atoms with E-state index >= 15 is 0 Å². The van der Waals surface area contributed by atoms with Gasteiger partial charge in [-0.15, -0.1) is 0 Å². The lowest BCUT2D eigenvalue weighted by Gasteiger charge is -2.36. The molecule has 1 atom stereocenters. The number of hydrogen-bond acceptors (Lipinski definition) is 4. The Morgan fingerprint density at radius 1 is 1.58 bits per heavy atom. The summed E-state index contributed by atoms with van der Waals surface area (Å²) in [5.41, 5.74) is 1.12. The zero-order valence-corrected chi connectivity index (χ0v) is 12.9. The van der Waals surface area contributed by atoms with Crippen molar-refractivity contribution in [1.82, 2.24) is 4.98 Å². The van der Waals surface area contributed by atoms with Gasteiger partial charge in [0.05, 0.1) is 18.0 Å². The summed E-state index contributed by atoms with van der Waals surface area (Å²) in [6.07, 6.45) is 5.60. The Bertz CT molecular complexity index is 465. The zero-order chi connectivity index (χ0) is 13.8. The highest BCUT2D eigenvalue weighted by Gasteiger charge is 2.27. The third-order valence-corrected chi connectivity index (χ3v) is 4.07. The Kier molecular flexibility index (Phi) is 4.80. The number of nitrogens with zero attached hydrogens (tertiary/aromatic N) is 2. The van der Waals surface area contributed by atoms with Gasteiger partial charge in [-0.05, 0) is 53.7 Å². The summed E-state index contributed by atoms with van der Waals surface area (Å²) < 4.78 is 5.78. The topological polar surface area (TPSA) is 42.4 Å². The Morgan fingerprint density at radius 3 is 3.05 bits per heavy atom. The van der Waals surface area contributed by atoms with Crippen molar-refractivity contribution in [2.24, 2.45) is 0 Å². The quantitative estimate of drug-likeness (QED) is 0.800. The molecule has 5 heteroatoms. The van der Waals surface area contributed by atoms with Crippen molar-refractivity contribution in [2.75, 3.05) is 18.6 Å². The first-order valence-electron chi connectivity index (χ1n) is 6.57. The molecule has 0 N–H and O–H groups in total. The number of hydrogen-bond donors (Lipinski definition) is 0. The van der Waals surface area contributed by atoms with Crippen LogP contribution in [0, 0.1) is 6.92 Å². The number of esters is 1. The van der Waals surface area contributed by atoms with E-state index in [-0.39, 0.29) is 12.0 Å². The number of methoxy groups -OCH3 is 1. The smallest absolute Gasteiger partial charge is 0.307 e. The van der Waals surface area contributed by atoms with Gasteiger partial charge in [-0.25, -0.2) is 4.98 Å². The lowest BCUT2D eigenvalue weighted by atomic mass is 9.99. The van der Waals surface area contributed by atoms with Crippen molar-refractivity contribution in [3.63, 3.8) is 0 Å². The predicted molar refractivity (Wildman–Crippen MR) is 78.3 cm³/mol. The van der Waals surface area contributed by atoms with E-state index in [2.05, 4.69) is 31.9 Å². The van der Waals surface area contributed by atoms with E-state index in [4.69, 9.17) is 4.74 Å². The maximum absolute atomic E-state index is 11.5. The molecule has 1 aliphatic rings. The normalized spacial score (nSPS) is 19.3. The van der Waals surface area contributed by atoms with Crippen LogP contribution in [0.3, 0.4) is 0 Å². The van der Waals surface area contributed by atoms with Crippen molar-refractivity contribution in [2.45, 2.75) is 38.6 Å². The molecule has 1 fully saturated rings. The number of ether oxygens (including phenoxy) is 1. The molecule has 0 spiro atoms. The standard InChI is InChI=1S/C14H19BrN2O2/c1-10-7-12(15)14(16-9-10)17-6-4-3-5-11(17)8-13(18)19-2/h7,9,11H,3-6,8H2,1-2H3. The number of anilines is 1. The molecular weight excluding hydrogens is 308 g/mol. The Labute approximate surface area is 122 Å². The highest BCUT2D eigenvalue weighted by atomic mass is 79.9. The molecule has 2 heterocycles. The van der Waals surface area contributed by atoms with Crippen LogP contribution in [-0.4, -0.2) is 30.6 Å². The fourth-order valence-electron chi connectivity index (χ4n) is 2.51. The molecule has 1 unspecified atom stereocenters. The van der Waals surface area contributed by atoms with Crippen LogP contribution in [0.15, 0.2) is 16.7 Å². The van der Waals surface area contributed by atoms with Crippen molar-refractivity contribution in [1.29, 1.82) is 0 Å². The zero-order valence-electron chi connectivity index (χ0n) is 11.4. The highest BCUT2D eigenvalue weighted by molar-refractivity contribution is 9.10. The lowest BCUT2D eigenvalue weighted by molar-refractivity contribution is -0.141. The van der Waals surface area contributed by atoms with E-state index in [1.165, 1.54) is 7.11 Å². The molecule has 0 aliphatic carbocycles. The van der Waals surface area contributed by atoms with Crippen LogP contribution in [0.5, 0.6) is 0 Å². The van der Waals surface area contributed by atoms with Crippen LogP contribution in [0.25, 0.3) is 0 Å². The number of piperidine rings is 1. The minimum Gasteiger partial charge on any atom is -0.469 e. The van der Waals surface area contributed by atoms with E-state index in [1.807, 2.05) is 13.1 Å². The highest BCUT2D eigenvalue weighted by Crippen LogP contribution is 2.31. The first-order valence-corrected chi connectivity index (χ1v) is 7.36. The van der Waals surface area contributed by atoms with Gasteiger partial charge in [-0.2, -0.15) is 0 Å². The second-order valence-electron chi connectivity index (χ2n) is 4.94. The summed E-state index contributed by atoms with van der Waals surface area (Å²) in [6.45, 7) is 2.96. The molecule has 0 radical (unpaired) electrons. The summed E-state index contributed by atoms with van der Waals surface area (Å²) in [7, 11) is 1.44. The largest absolute Gasteiger partial charge is 0.469 e. The van der Waals surface area contributed by atoms with Crippen molar-refractivity contribution in [3.05, 3.63) is 22.3 Å². The number of pyridine rings is 1. The fourth-order valence-corrected chi connectivity index (χ4v) is 3.20. The molecule has 2 rings (SSSR count). The number of carbonyl (C=O) groups is 1. The van der Waals surface area contributed by atoms with Crippen LogP contribution in [0.1, 0.15) is 31.2 Å². The third-order valence-electron chi connectivity index (χ3n) is 3.49. The number of aryl methyl sites for hydroxylation is 1. The van der Waals surface area contributed by atoms with Gasteiger partial charge in [0, 0.05) is 18.8 Å². The fraction of sp³-hybridized carbons (Fsp3) is 0.571. The Balaban J connectivity index is 2.21. The number of halogens is 1. The third kappa shape index (κ3) is 3.47. The van der Waals surface area contributed by atoms with Gasteiger partial charge < -0.3 is 9.64 Å². The van der Waals surface area contributed by atoms with Gasteiger partial charge in [0.25, 0.3) is 0 Å². The van der Waals surface area contributed by atoms with Crippen LogP contribution >= 0.6 is 15.9 Å². The van der Waals surface area contributed by atoms with Crippen LogP contribution in [0.4, 0.5) is 5.82 Å². The van der Waals surface area contributed by atoms with Crippen molar-refractivity contribution in [3.8, 4) is 0 Å². The average Bonchev–Trinajstić information content (AvgIpc) is 2.40. The lowest BCUT2D eigenvalue weighted by Crippen LogP contribution is -2.41. The second-order valence-corrected chi connectivity index (χ2v) is 5.80. The van der Waals surface area contributed by atoms with E-state index in [0.29, 0.717) is 6.42 Å². The van der Waals surface area contributed by atoms with Crippen LogP contribution < -0.4 is 4.90 Å². The van der Waals surface area contributed by atoms with Gasteiger partial charge in [-0.1, -0.05) is 0 Å². The maximum Gasteiger partial charge on any atom is 0.307 e. The van der Waals surface area contributed by atoms with Gasteiger partial charge >= 0.3 is 5.97 Å². The molecule has 1 aromatic heterocycles. The molecule has 0 amide bonds. The first kappa shape index (κ1) is 14.3. The van der Waals surface area contributed by atoms with E-state index < -0.39 is 0 Å². The van der Waals surface area contributed by atoms with Gasteiger partial charge in [0.15, 0.2) is 0 Å². The van der Waals surface area contributed by atoms with E-state index in [9.17, 15) is 4.79 Å². The van der Waals surface area contributed by atoms with E-state index in [1.54, 1.807) is 0 Å². The molecule has 0 aromatic carbocycles. The average molecular weight is 327 g/mol. The molecule has 0 bridgehead atoms. The number of carbonyl (C=O) groups excluding carboxylic acids is 1. The minimum atomic E-state index is -0.153. The molecule has 4 nitrogen and oxygen atoms in total. The van der Waals surface area contributed by atoms with Gasteiger partial charge in [-0.3, -0.25) is 4.79 Å². The Morgan fingerprint density at radius 2 is 2.37 bits per heavy atom. The summed E-state index contributed by atoms with van der Waals surface area (Å²) in [5, 5.41) is 0. The summed E-state index contributed by atoms with van der Waals surface area (Å²) in [6, 6.07) is 2.25. The Hall–Kier alpha value is -1.10. The monoisotopic (exact) mass is 326 g/mol. The molecule has 1 aliphatic heterocycles. The SMILES string of the molecule is COC(=O)CC1CCCCN1c1ncc(C)cc1Br. The number of rotatable bonds is 3. The molecule has 0 saturated carbocycles. The molecule has 1 aromatic rings. The summed E-state index contributed by atoms with van der Waals surface area (Å²) in [5.74, 6) is 0.777. The van der Waals surface area contributed by atoms with Crippen LogP contribution in [-0.2, 0) is 9.53 Å². The van der Waals surface area contributed by atoms with Crippen molar-refractivity contribution >= 4 is 27.7 Å². The summed E-state index contributed by atoms with van der Waals surface area (Å²) >= 11 is 3.57. The molecule has 1 saturated heterocycles. The van der Waals surface area contributed by atoms with Gasteiger partial charge in [0.1, 0.15) is 5.82 Å². The van der Waals surface area contributed by atoms with Crippen LogP contribution in [0.2, 0.25) is 0 Å². The second kappa shape index (κ2) is 6.37. The maximum atomic E-state index is 11.5. The van der Waals surface area contributed by atoms with Crippen molar-refractivity contribution < 1.29 is 9.53 Å². The minimum absolute atomic E-state index is 0.153. The first-order chi connectivity index (χ1) is 9.11. The molecule has 104 valence electrons. The molecule has 19 heavy (non-hydrogen) atoms. The van der Waals surface area contributed by atoms with E-state index in [0.717, 1.165) is 41.7 Å². The van der Waals surface area contributed by atoms with Gasteiger partial charge in [0.2, 0.25) is 0 Å². The molecular formula is C14H19BrN2O2. The number of aromatic nitrogens is 1. The summed E-state index contributed by atoms with van der Waals surface area (Å²) in [4.78, 5) is 18.3. The predicted octanol–water partition coefficient (Wildman–Crippen LogP) is 3.07.